The number of likely N-dealkylation sites (N-methyl/N-ethyl adjacent to an activating group) is 1. The van der Waals surface area contributed by atoms with Gasteiger partial charge < -0.3 is 4.90 Å². The third-order valence-electron chi connectivity index (χ3n) is 4.73. The van der Waals surface area contributed by atoms with Gasteiger partial charge in [-0.05, 0) is 31.2 Å². The lowest BCUT2D eigenvalue weighted by atomic mass is 10.2. The number of rotatable bonds is 8. The average molecular weight is 419 g/mol. The summed E-state index contributed by atoms with van der Waals surface area (Å²) < 4.78 is 4.24. The molecule has 0 aliphatic heterocycles. The van der Waals surface area contributed by atoms with Crippen LogP contribution in [0.2, 0.25) is 0 Å². The number of aromatic nitrogens is 4. The molecule has 0 amide bonds. The minimum atomic E-state index is 0.549. The minimum absolute atomic E-state index is 0.549. The monoisotopic (exact) mass is 418 g/mol. The number of aryl methyl sites for hydroxylation is 1. The Bertz CT molecular complexity index is 1100. The number of azo groups is 1. The Morgan fingerprint density at radius 2 is 1.83 bits per heavy atom. The number of imidazole rings is 1. The lowest BCUT2D eigenvalue weighted by Crippen LogP contribution is -2.28. The Morgan fingerprint density at radius 3 is 2.53 bits per heavy atom. The van der Waals surface area contributed by atoms with Gasteiger partial charge in [0.2, 0.25) is 6.33 Å². The lowest BCUT2D eigenvalue weighted by Gasteiger charge is -2.22. The van der Waals surface area contributed by atoms with Crippen LogP contribution in [0.25, 0.3) is 10.6 Å². The number of hydrogen-bond acceptors (Lipinski definition) is 6. The van der Waals surface area contributed by atoms with E-state index in [1.54, 1.807) is 0 Å². The zero-order valence-corrected chi connectivity index (χ0v) is 17.9. The summed E-state index contributed by atoms with van der Waals surface area (Å²) in [4.78, 5) is 2.35. The van der Waals surface area contributed by atoms with Gasteiger partial charge in [-0.3, -0.25) is 0 Å². The van der Waals surface area contributed by atoms with E-state index < -0.39 is 0 Å². The van der Waals surface area contributed by atoms with Crippen molar-refractivity contribution in [2.24, 2.45) is 17.3 Å². The molecule has 0 atom stereocenters. The van der Waals surface area contributed by atoms with E-state index in [1.165, 1.54) is 17.0 Å². The Morgan fingerprint density at radius 1 is 1.03 bits per heavy atom. The third-order valence-corrected chi connectivity index (χ3v) is 5.59. The molecular formula is C22H24N7S+. The van der Waals surface area contributed by atoms with Gasteiger partial charge in [0.05, 0.1) is 19.3 Å². The fourth-order valence-corrected chi connectivity index (χ4v) is 3.80. The van der Waals surface area contributed by atoms with Crippen molar-refractivity contribution in [3.05, 3.63) is 73.3 Å². The van der Waals surface area contributed by atoms with Gasteiger partial charge in [0.15, 0.2) is 0 Å². The van der Waals surface area contributed by atoms with Crippen molar-refractivity contribution in [2.45, 2.75) is 13.5 Å². The molecule has 0 spiro atoms. The van der Waals surface area contributed by atoms with Crippen molar-refractivity contribution in [3.8, 4) is 10.6 Å². The fourth-order valence-electron chi connectivity index (χ4n) is 3.12. The normalized spacial score (nSPS) is 11.3. The second kappa shape index (κ2) is 9.41. The van der Waals surface area contributed by atoms with E-state index in [4.69, 9.17) is 0 Å². The summed E-state index contributed by atoms with van der Waals surface area (Å²) in [5, 5.41) is 18.3. The van der Waals surface area contributed by atoms with E-state index >= 15 is 0 Å². The van der Waals surface area contributed by atoms with Crippen LogP contribution in [0.1, 0.15) is 6.92 Å². The fraction of sp³-hybridized carbons (Fsp3) is 0.227. The maximum atomic E-state index is 4.31. The van der Waals surface area contributed by atoms with E-state index in [0.29, 0.717) is 5.13 Å². The first-order valence-corrected chi connectivity index (χ1v) is 10.7. The zero-order chi connectivity index (χ0) is 20.8. The molecule has 0 saturated heterocycles. The Balaban J connectivity index is 1.38. The Hall–Kier alpha value is -3.39. The van der Waals surface area contributed by atoms with Crippen LogP contribution in [0.4, 0.5) is 16.5 Å². The standard InChI is InChI=1S/C22H24N7S/c1-3-29(16-15-28-14-13-27(2)17-28)20-11-9-19(10-12-20)23-25-22-26-24-21(30-22)18-7-5-4-6-8-18/h4-14,17H,3,15-16H2,1-2H3/q+1. The predicted octanol–water partition coefficient (Wildman–Crippen LogP) is 4.77. The van der Waals surface area contributed by atoms with E-state index in [-0.39, 0.29) is 0 Å². The highest BCUT2D eigenvalue weighted by molar-refractivity contribution is 7.18. The molecule has 2 aromatic heterocycles. The van der Waals surface area contributed by atoms with Crippen LogP contribution in [-0.4, -0.2) is 27.9 Å². The van der Waals surface area contributed by atoms with Crippen molar-refractivity contribution in [3.63, 3.8) is 0 Å². The first kappa shape index (κ1) is 19.9. The van der Waals surface area contributed by atoms with Crippen LogP contribution in [-0.2, 0) is 13.6 Å². The SMILES string of the molecule is CCN(CCn1cc[n+](C)c1)c1ccc(N=Nc2nnc(-c3ccccc3)s2)cc1. The first-order chi connectivity index (χ1) is 14.7. The summed E-state index contributed by atoms with van der Waals surface area (Å²) in [6.07, 6.45) is 6.23. The van der Waals surface area contributed by atoms with Gasteiger partial charge >= 0.3 is 0 Å². The Labute approximate surface area is 180 Å². The number of anilines is 1. The molecule has 0 unspecified atom stereocenters. The van der Waals surface area contributed by atoms with E-state index in [9.17, 15) is 0 Å². The van der Waals surface area contributed by atoms with Crippen molar-refractivity contribution >= 4 is 27.8 Å². The molecule has 8 heteroatoms. The van der Waals surface area contributed by atoms with Gasteiger partial charge in [0.1, 0.15) is 23.9 Å². The van der Waals surface area contributed by atoms with Crippen LogP contribution in [0.5, 0.6) is 0 Å². The highest BCUT2D eigenvalue weighted by atomic mass is 32.1. The summed E-state index contributed by atoms with van der Waals surface area (Å²) >= 11 is 1.43. The number of benzene rings is 2. The topological polar surface area (TPSA) is 62.5 Å². The summed E-state index contributed by atoms with van der Waals surface area (Å²) in [6.45, 7) is 5.00. The molecule has 30 heavy (non-hydrogen) atoms. The number of nitrogens with zero attached hydrogens (tertiary/aromatic N) is 7. The second-order valence-electron chi connectivity index (χ2n) is 6.87. The largest absolute Gasteiger partial charge is 0.368 e. The Kier molecular flexibility index (Phi) is 6.24. The maximum Gasteiger partial charge on any atom is 0.252 e. The van der Waals surface area contributed by atoms with Crippen LogP contribution in [0.3, 0.4) is 0 Å². The molecular weight excluding hydrogens is 394 g/mol. The molecule has 0 radical (unpaired) electrons. The molecule has 4 rings (SSSR count). The van der Waals surface area contributed by atoms with Gasteiger partial charge in [0, 0.05) is 17.8 Å². The molecule has 0 N–H and O–H groups in total. The van der Waals surface area contributed by atoms with Gasteiger partial charge in [-0.25, -0.2) is 9.13 Å². The smallest absolute Gasteiger partial charge is 0.252 e. The van der Waals surface area contributed by atoms with Crippen LogP contribution < -0.4 is 9.47 Å². The van der Waals surface area contributed by atoms with Gasteiger partial charge in [-0.1, -0.05) is 41.7 Å². The summed E-state index contributed by atoms with van der Waals surface area (Å²) in [7, 11) is 2.03. The maximum absolute atomic E-state index is 4.31. The van der Waals surface area contributed by atoms with Crippen molar-refractivity contribution < 1.29 is 4.57 Å². The number of hydrogen-bond donors (Lipinski definition) is 0. The molecule has 0 saturated carbocycles. The quantitative estimate of drug-likeness (QED) is 0.306. The van der Waals surface area contributed by atoms with Crippen LogP contribution in [0, 0.1) is 0 Å². The minimum Gasteiger partial charge on any atom is -0.368 e. The van der Waals surface area contributed by atoms with Crippen molar-refractivity contribution in [2.75, 3.05) is 18.0 Å². The average Bonchev–Trinajstić information content (AvgIpc) is 3.43. The lowest BCUT2D eigenvalue weighted by molar-refractivity contribution is -0.671. The van der Waals surface area contributed by atoms with Crippen molar-refractivity contribution in [1.82, 2.24) is 14.8 Å². The van der Waals surface area contributed by atoms with E-state index in [1.807, 2.05) is 49.5 Å². The first-order valence-electron chi connectivity index (χ1n) is 9.88. The predicted molar refractivity (Wildman–Crippen MR) is 119 cm³/mol. The summed E-state index contributed by atoms with van der Waals surface area (Å²) in [5.41, 5.74) is 3.01. The molecule has 7 nitrogen and oxygen atoms in total. The molecule has 4 aromatic rings. The van der Waals surface area contributed by atoms with Crippen LogP contribution >= 0.6 is 11.3 Å². The molecule has 2 heterocycles. The zero-order valence-electron chi connectivity index (χ0n) is 17.1. The van der Waals surface area contributed by atoms with E-state index in [0.717, 1.165) is 35.9 Å². The summed E-state index contributed by atoms with van der Waals surface area (Å²) in [6, 6.07) is 18.1. The van der Waals surface area contributed by atoms with E-state index in [2.05, 4.69) is 72.2 Å². The van der Waals surface area contributed by atoms with Crippen LogP contribution in [0.15, 0.2) is 83.5 Å². The van der Waals surface area contributed by atoms with Gasteiger partial charge in [0.25, 0.3) is 5.13 Å². The van der Waals surface area contributed by atoms with Crippen molar-refractivity contribution in [1.29, 1.82) is 0 Å². The van der Waals surface area contributed by atoms with Gasteiger partial charge in [-0.15, -0.1) is 20.4 Å². The third kappa shape index (κ3) is 4.96. The molecule has 2 aromatic carbocycles. The molecule has 0 bridgehead atoms. The highest BCUT2D eigenvalue weighted by Gasteiger charge is 2.08. The highest BCUT2D eigenvalue weighted by Crippen LogP contribution is 2.29. The molecule has 0 aliphatic rings. The molecule has 0 fully saturated rings. The van der Waals surface area contributed by atoms with Gasteiger partial charge in [-0.2, -0.15) is 0 Å². The molecule has 0 aliphatic carbocycles. The molecule has 152 valence electrons. The summed E-state index contributed by atoms with van der Waals surface area (Å²) in [5.74, 6) is 0. The second-order valence-corrected chi connectivity index (χ2v) is 7.82.